The Morgan fingerprint density at radius 2 is 2.07 bits per heavy atom. The number of nitrogens with zero attached hydrogens (tertiary/aromatic N) is 1. The molecule has 0 aromatic heterocycles. The van der Waals surface area contributed by atoms with Crippen LogP contribution in [0.2, 0.25) is 0 Å². The Bertz CT molecular complexity index is 335. The van der Waals surface area contributed by atoms with E-state index in [-0.39, 0.29) is 5.91 Å². The summed E-state index contributed by atoms with van der Waals surface area (Å²) in [7, 11) is 0. The fourth-order valence-electron chi connectivity index (χ4n) is 0.948. The van der Waals surface area contributed by atoms with E-state index >= 15 is 0 Å². The first kappa shape index (κ1) is 10.9. The summed E-state index contributed by atoms with van der Waals surface area (Å²) in [5.74, 6) is -0.167. The summed E-state index contributed by atoms with van der Waals surface area (Å²) in [6, 6.07) is 9.69. The van der Waals surface area contributed by atoms with Crippen molar-refractivity contribution >= 4 is 27.5 Å². The van der Waals surface area contributed by atoms with E-state index in [1.807, 2.05) is 30.3 Å². The van der Waals surface area contributed by atoms with E-state index in [1.54, 1.807) is 0 Å². The van der Waals surface area contributed by atoms with Crippen molar-refractivity contribution in [2.24, 2.45) is 5.10 Å². The Morgan fingerprint density at radius 1 is 1.43 bits per heavy atom. The van der Waals surface area contributed by atoms with Gasteiger partial charge in [0, 0.05) is 12.3 Å². The lowest BCUT2D eigenvalue weighted by molar-refractivity contribution is -0.118. The van der Waals surface area contributed by atoms with Crippen molar-refractivity contribution < 1.29 is 4.79 Å². The highest BCUT2D eigenvalue weighted by molar-refractivity contribution is 9.09. The summed E-state index contributed by atoms with van der Waals surface area (Å²) in [4.78, 5) is 10.7. The summed E-state index contributed by atoms with van der Waals surface area (Å²) in [5, 5.41) is 4.59. The van der Waals surface area contributed by atoms with Crippen molar-refractivity contribution in [2.45, 2.75) is 6.92 Å². The fraction of sp³-hybridized carbons (Fsp3) is 0.200. The van der Waals surface area contributed by atoms with Gasteiger partial charge in [0.25, 0.3) is 0 Å². The van der Waals surface area contributed by atoms with Crippen LogP contribution >= 0.6 is 15.9 Å². The maximum atomic E-state index is 10.7. The normalized spacial score (nSPS) is 11.1. The molecule has 0 aliphatic rings. The van der Waals surface area contributed by atoms with Gasteiger partial charge in [0.15, 0.2) is 0 Å². The van der Waals surface area contributed by atoms with E-state index in [4.69, 9.17) is 0 Å². The molecular weight excluding hydrogens is 244 g/mol. The standard InChI is InChI=1S/C10H11BrN2O/c1-8(14)12-13-10(7-11)9-5-3-2-4-6-9/h2-6H,7H2,1H3,(H,12,14)/b13-10+. The molecule has 0 heterocycles. The lowest BCUT2D eigenvalue weighted by Crippen LogP contribution is -2.17. The van der Waals surface area contributed by atoms with Crippen LogP contribution in [0.1, 0.15) is 12.5 Å². The fourth-order valence-corrected chi connectivity index (χ4v) is 1.40. The van der Waals surface area contributed by atoms with Crippen LogP contribution in [0.15, 0.2) is 35.4 Å². The predicted molar refractivity (Wildman–Crippen MR) is 60.6 cm³/mol. The Hall–Kier alpha value is -1.16. The van der Waals surface area contributed by atoms with Crippen molar-refractivity contribution in [2.75, 3.05) is 5.33 Å². The summed E-state index contributed by atoms with van der Waals surface area (Å²) in [6.45, 7) is 1.43. The maximum absolute atomic E-state index is 10.7. The number of nitrogens with one attached hydrogen (secondary N) is 1. The summed E-state index contributed by atoms with van der Waals surface area (Å²) < 4.78 is 0. The first-order valence-corrected chi connectivity index (χ1v) is 5.30. The van der Waals surface area contributed by atoms with Crippen LogP contribution in [0.25, 0.3) is 0 Å². The van der Waals surface area contributed by atoms with E-state index in [0.717, 1.165) is 11.3 Å². The quantitative estimate of drug-likeness (QED) is 0.500. The molecule has 0 unspecified atom stereocenters. The molecule has 1 amide bonds. The van der Waals surface area contributed by atoms with E-state index in [0.29, 0.717) is 5.33 Å². The molecule has 0 atom stereocenters. The highest BCUT2D eigenvalue weighted by atomic mass is 79.9. The van der Waals surface area contributed by atoms with E-state index in [9.17, 15) is 4.79 Å². The van der Waals surface area contributed by atoms with Gasteiger partial charge in [-0.2, -0.15) is 5.10 Å². The number of hydrogen-bond donors (Lipinski definition) is 1. The van der Waals surface area contributed by atoms with Gasteiger partial charge in [-0.25, -0.2) is 5.43 Å². The Kier molecular flexibility index (Phi) is 4.32. The highest BCUT2D eigenvalue weighted by Crippen LogP contribution is 2.02. The van der Waals surface area contributed by atoms with E-state index in [1.165, 1.54) is 6.92 Å². The zero-order chi connectivity index (χ0) is 10.4. The van der Waals surface area contributed by atoms with Crippen LogP contribution in [0.4, 0.5) is 0 Å². The number of benzene rings is 1. The molecule has 0 saturated heterocycles. The van der Waals surface area contributed by atoms with Crippen LogP contribution in [-0.4, -0.2) is 16.9 Å². The number of halogens is 1. The second kappa shape index (κ2) is 5.54. The number of hydrogen-bond acceptors (Lipinski definition) is 2. The SMILES string of the molecule is CC(=O)N/N=C(\CBr)c1ccccc1. The monoisotopic (exact) mass is 254 g/mol. The van der Waals surface area contributed by atoms with Crippen molar-refractivity contribution in [3.63, 3.8) is 0 Å². The molecule has 3 nitrogen and oxygen atoms in total. The molecule has 0 aliphatic carbocycles. The van der Waals surface area contributed by atoms with Gasteiger partial charge in [0.1, 0.15) is 0 Å². The van der Waals surface area contributed by atoms with E-state index < -0.39 is 0 Å². The van der Waals surface area contributed by atoms with Gasteiger partial charge >= 0.3 is 0 Å². The first-order valence-electron chi connectivity index (χ1n) is 4.18. The molecule has 0 saturated carbocycles. The molecule has 14 heavy (non-hydrogen) atoms. The highest BCUT2D eigenvalue weighted by Gasteiger charge is 2.00. The summed E-state index contributed by atoms with van der Waals surface area (Å²) in [6.07, 6.45) is 0. The third kappa shape index (κ3) is 3.30. The second-order valence-electron chi connectivity index (χ2n) is 2.73. The molecule has 1 N–H and O–H groups in total. The van der Waals surface area contributed by atoms with Crippen molar-refractivity contribution in [1.29, 1.82) is 0 Å². The van der Waals surface area contributed by atoms with Crippen LogP contribution < -0.4 is 5.43 Å². The number of carbonyl (C=O) groups excluding carboxylic acids is 1. The average Bonchev–Trinajstić information content (AvgIpc) is 2.20. The zero-order valence-corrected chi connectivity index (χ0v) is 9.41. The van der Waals surface area contributed by atoms with Crippen LogP contribution in [0.3, 0.4) is 0 Å². The minimum absolute atomic E-state index is 0.167. The van der Waals surface area contributed by atoms with E-state index in [2.05, 4.69) is 26.5 Å². The first-order chi connectivity index (χ1) is 6.74. The number of amides is 1. The second-order valence-corrected chi connectivity index (χ2v) is 3.29. The molecule has 1 aromatic rings. The van der Waals surface area contributed by atoms with Gasteiger partial charge in [0.05, 0.1) is 5.71 Å². The topological polar surface area (TPSA) is 41.5 Å². The zero-order valence-electron chi connectivity index (χ0n) is 7.83. The summed E-state index contributed by atoms with van der Waals surface area (Å²) in [5.41, 5.74) is 4.22. The van der Waals surface area contributed by atoms with Gasteiger partial charge < -0.3 is 0 Å². The Labute approximate surface area is 91.3 Å². The lowest BCUT2D eigenvalue weighted by Gasteiger charge is -2.02. The molecule has 1 aromatic carbocycles. The number of alkyl halides is 1. The third-order valence-corrected chi connectivity index (χ3v) is 2.11. The maximum Gasteiger partial charge on any atom is 0.236 e. The Balaban J connectivity index is 2.82. The molecule has 0 fully saturated rings. The van der Waals surface area contributed by atoms with Crippen LogP contribution in [-0.2, 0) is 4.79 Å². The molecule has 0 aliphatic heterocycles. The van der Waals surface area contributed by atoms with Gasteiger partial charge in [-0.15, -0.1) is 0 Å². The van der Waals surface area contributed by atoms with Crippen molar-refractivity contribution in [1.82, 2.24) is 5.43 Å². The Morgan fingerprint density at radius 3 is 2.57 bits per heavy atom. The van der Waals surface area contributed by atoms with Gasteiger partial charge in [-0.1, -0.05) is 46.3 Å². The van der Waals surface area contributed by atoms with Gasteiger partial charge in [0.2, 0.25) is 5.91 Å². The number of carbonyl (C=O) groups is 1. The van der Waals surface area contributed by atoms with Crippen molar-refractivity contribution in [3.8, 4) is 0 Å². The van der Waals surface area contributed by atoms with Crippen molar-refractivity contribution in [3.05, 3.63) is 35.9 Å². The predicted octanol–water partition coefficient (Wildman–Crippen LogP) is 1.92. The average molecular weight is 255 g/mol. The van der Waals surface area contributed by atoms with Crippen LogP contribution in [0.5, 0.6) is 0 Å². The minimum Gasteiger partial charge on any atom is -0.274 e. The molecule has 0 radical (unpaired) electrons. The summed E-state index contributed by atoms with van der Waals surface area (Å²) >= 11 is 3.32. The molecule has 1 rings (SSSR count). The van der Waals surface area contributed by atoms with Gasteiger partial charge in [-0.05, 0) is 5.56 Å². The number of hydrazone groups is 1. The molecule has 0 bridgehead atoms. The smallest absolute Gasteiger partial charge is 0.236 e. The minimum atomic E-state index is -0.167. The third-order valence-electron chi connectivity index (χ3n) is 1.58. The molecule has 74 valence electrons. The molecular formula is C10H11BrN2O. The molecule has 4 heteroatoms. The number of rotatable bonds is 3. The lowest BCUT2D eigenvalue weighted by atomic mass is 10.1. The van der Waals surface area contributed by atoms with Crippen LogP contribution in [0, 0.1) is 0 Å². The van der Waals surface area contributed by atoms with Gasteiger partial charge in [-0.3, -0.25) is 4.79 Å². The largest absolute Gasteiger partial charge is 0.274 e. The molecule has 0 spiro atoms.